The van der Waals surface area contributed by atoms with Crippen molar-refractivity contribution in [1.82, 2.24) is 0 Å². The first kappa shape index (κ1) is 13.7. The van der Waals surface area contributed by atoms with E-state index in [4.69, 9.17) is 0 Å². The Kier molecular flexibility index (Phi) is 4.15. The van der Waals surface area contributed by atoms with Gasteiger partial charge < -0.3 is 4.55 Å². The van der Waals surface area contributed by atoms with Crippen molar-refractivity contribution in [2.24, 2.45) is 0 Å². The van der Waals surface area contributed by atoms with Crippen molar-refractivity contribution in [3.05, 3.63) is 42.0 Å². The minimum Gasteiger partial charge on any atom is -0.744 e. The van der Waals surface area contributed by atoms with Gasteiger partial charge in [0.25, 0.3) is 0 Å². The smallest absolute Gasteiger partial charge is 0.744 e. The maximum Gasteiger partial charge on any atom is 1.00 e. The van der Waals surface area contributed by atoms with Crippen LogP contribution in [0.3, 0.4) is 0 Å². The molecule has 0 atom stereocenters. The van der Waals surface area contributed by atoms with Gasteiger partial charge in [-0.1, -0.05) is 30.3 Å². The Labute approximate surface area is 117 Å². The molecule has 16 heavy (non-hydrogen) atoms. The molecular weight excluding hydrogens is 235 g/mol. The van der Waals surface area contributed by atoms with Crippen LogP contribution in [0, 0.1) is 6.92 Å². The van der Waals surface area contributed by atoms with E-state index < -0.39 is 10.1 Å². The summed E-state index contributed by atoms with van der Waals surface area (Å²) in [6.45, 7) is 1.65. The zero-order valence-corrected chi connectivity index (χ0v) is 11.9. The van der Waals surface area contributed by atoms with Gasteiger partial charge in [0.15, 0.2) is 0 Å². The van der Waals surface area contributed by atoms with Crippen LogP contribution >= 0.6 is 0 Å². The molecule has 0 saturated carbocycles. The molecule has 0 aliphatic heterocycles. The van der Waals surface area contributed by atoms with E-state index in [-0.39, 0.29) is 34.5 Å². The average molecular weight is 244 g/mol. The van der Waals surface area contributed by atoms with Crippen molar-refractivity contribution in [1.29, 1.82) is 0 Å². The molecule has 0 N–H and O–H groups in total. The standard InChI is InChI=1S/C11H10O3S.Na/c1-8-10-5-3-2-4-9(10)6-7-11(8)15(12,13)14;/h2-7H,1H3,(H,12,13,14);/q;+1/p-1. The molecule has 0 aromatic heterocycles. The number of aryl methyl sites for hydroxylation is 1. The molecular formula is C11H9NaO3S. The third-order valence-electron chi connectivity index (χ3n) is 2.42. The van der Waals surface area contributed by atoms with Crippen LogP contribution in [-0.4, -0.2) is 13.0 Å². The van der Waals surface area contributed by atoms with E-state index >= 15 is 0 Å². The molecule has 3 nitrogen and oxygen atoms in total. The number of rotatable bonds is 1. The van der Waals surface area contributed by atoms with Crippen molar-refractivity contribution < 1.29 is 42.5 Å². The maximum atomic E-state index is 10.9. The van der Waals surface area contributed by atoms with Gasteiger partial charge in [0.1, 0.15) is 10.1 Å². The van der Waals surface area contributed by atoms with Gasteiger partial charge in [-0.25, -0.2) is 8.42 Å². The van der Waals surface area contributed by atoms with Gasteiger partial charge in [-0.05, 0) is 29.3 Å². The number of fused-ring (bicyclic) bond motifs is 1. The Hall–Kier alpha value is -0.390. The quantitative estimate of drug-likeness (QED) is 0.480. The third-order valence-corrected chi connectivity index (χ3v) is 3.40. The summed E-state index contributed by atoms with van der Waals surface area (Å²) < 4.78 is 32.8. The maximum absolute atomic E-state index is 10.9. The molecule has 2 aromatic carbocycles. The van der Waals surface area contributed by atoms with Crippen LogP contribution in [0.15, 0.2) is 41.3 Å². The summed E-state index contributed by atoms with van der Waals surface area (Å²) in [7, 11) is -4.37. The van der Waals surface area contributed by atoms with Crippen LogP contribution in [0.5, 0.6) is 0 Å². The fourth-order valence-electron chi connectivity index (χ4n) is 1.68. The summed E-state index contributed by atoms with van der Waals surface area (Å²) in [5, 5.41) is 1.73. The van der Waals surface area contributed by atoms with E-state index in [0.29, 0.717) is 5.56 Å². The van der Waals surface area contributed by atoms with E-state index in [9.17, 15) is 13.0 Å². The normalized spacial score (nSPS) is 11.1. The number of benzene rings is 2. The molecule has 78 valence electrons. The first-order valence-electron chi connectivity index (χ1n) is 4.44. The van der Waals surface area contributed by atoms with Crippen molar-refractivity contribution in [2.45, 2.75) is 11.8 Å². The van der Waals surface area contributed by atoms with Crippen LogP contribution in [0.2, 0.25) is 0 Å². The van der Waals surface area contributed by atoms with E-state index in [0.717, 1.165) is 10.8 Å². The largest absolute Gasteiger partial charge is 1.00 e. The van der Waals surface area contributed by atoms with Gasteiger partial charge >= 0.3 is 29.6 Å². The van der Waals surface area contributed by atoms with Crippen LogP contribution in [0.1, 0.15) is 5.56 Å². The molecule has 2 rings (SSSR count). The number of hydrogen-bond donors (Lipinski definition) is 0. The summed E-state index contributed by atoms with van der Waals surface area (Å²) >= 11 is 0. The molecule has 5 heteroatoms. The van der Waals surface area contributed by atoms with Gasteiger partial charge in [-0.15, -0.1) is 0 Å². The fraction of sp³-hybridized carbons (Fsp3) is 0.0909. The van der Waals surface area contributed by atoms with Crippen molar-refractivity contribution in [2.75, 3.05) is 0 Å². The molecule has 0 fully saturated rings. The summed E-state index contributed by atoms with van der Waals surface area (Å²) in [6.07, 6.45) is 0. The van der Waals surface area contributed by atoms with Crippen molar-refractivity contribution in [3.8, 4) is 0 Å². The van der Waals surface area contributed by atoms with E-state index in [2.05, 4.69) is 0 Å². The second-order valence-electron chi connectivity index (χ2n) is 3.36. The monoisotopic (exact) mass is 244 g/mol. The Morgan fingerprint density at radius 1 is 1.06 bits per heavy atom. The van der Waals surface area contributed by atoms with Crippen LogP contribution in [-0.2, 0) is 10.1 Å². The predicted octanol–water partition coefficient (Wildman–Crippen LogP) is -0.944. The van der Waals surface area contributed by atoms with Crippen LogP contribution in [0.4, 0.5) is 0 Å². The minimum absolute atomic E-state index is 0. The van der Waals surface area contributed by atoms with Gasteiger partial charge in [0.2, 0.25) is 0 Å². The summed E-state index contributed by atoms with van der Waals surface area (Å²) in [6, 6.07) is 10.4. The number of hydrogen-bond acceptors (Lipinski definition) is 3. The Balaban J connectivity index is 0.00000128. The molecule has 0 unspecified atom stereocenters. The Morgan fingerprint density at radius 2 is 1.69 bits per heavy atom. The summed E-state index contributed by atoms with van der Waals surface area (Å²) in [5.74, 6) is 0. The molecule has 0 aliphatic carbocycles. The molecule has 0 spiro atoms. The molecule has 0 radical (unpaired) electrons. The van der Waals surface area contributed by atoms with Crippen LogP contribution in [0.25, 0.3) is 10.8 Å². The summed E-state index contributed by atoms with van der Waals surface area (Å²) in [5.41, 5.74) is 0.517. The molecule has 0 bridgehead atoms. The second kappa shape index (κ2) is 4.85. The Bertz CT molecular complexity index is 620. The van der Waals surface area contributed by atoms with E-state index in [1.54, 1.807) is 19.1 Å². The third kappa shape index (κ3) is 2.47. The molecule has 0 amide bonds. The van der Waals surface area contributed by atoms with Crippen molar-refractivity contribution >= 4 is 20.9 Å². The zero-order valence-electron chi connectivity index (χ0n) is 9.10. The molecule has 2 aromatic rings. The van der Waals surface area contributed by atoms with E-state index in [1.807, 2.05) is 18.2 Å². The van der Waals surface area contributed by atoms with Gasteiger partial charge in [0.05, 0.1) is 4.90 Å². The topological polar surface area (TPSA) is 57.2 Å². The van der Waals surface area contributed by atoms with Gasteiger partial charge in [-0.3, -0.25) is 0 Å². The van der Waals surface area contributed by atoms with Crippen molar-refractivity contribution in [3.63, 3.8) is 0 Å². The van der Waals surface area contributed by atoms with E-state index in [1.165, 1.54) is 6.07 Å². The van der Waals surface area contributed by atoms with Gasteiger partial charge in [-0.2, -0.15) is 0 Å². The first-order chi connectivity index (χ1) is 7.00. The Morgan fingerprint density at radius 3 is 2.31 bits per heavy atom. The molecule has 0 saturated heterocycles. The zero-order chi connectivity index (χ0) is 11.1. The molecule has 0 aliphatic rings. The average Bonchev–Trinajstić information content (AvgIpc) is 2.16. The predicted molar refractivity (Wildman–Crippen MR) is 56.6 cm³/mol. The summed E-state index contributed by atoms with van der Waals surface area (Å²) in [4.78, 5) is -0.138. The molecule has 0 heterocycles. The fourth-order valence-corrected chi connectivity index (χ4v) is 2.40. The second-order valence-corrected chi connectivity index (χ2v) is 4.71. The SMILES string of the molecule is Cc1c(S(=O)(=O)[O-])ccc2ccccc12.[Na+]. The van der Waals surface area contributed by atoms with Crippen LogP contribution < -0.4 is 29.6 Å². The minimum atomic E-state index is -4.37. The first-order valence-corrected chi connectivity index (χ1v) is 5.85. The van der Waals surface area contributed by atoms with Gasteiger partial charge in [0, 0.05) is 0 Å².